The lowest BCUT2D eigenvalue weighted by molar-refractivity contribution is -0.145. The molecule has 0 aliphatic rings. The highest BCUT2D eigenvalue weighted by Crippen LogP contribution is 2.10. The molecule has 0 amide bonds. The molecule has 300 valence electrons. The van der Waals surface area contributed by atoms with E-state index in [9.17, 15) is 4.79 Å². The largest absolute Gasteiger partial charge is 0.463 e. The second-order valence-corrected chi connectivity index (χ2v) is 11.6. The summed E-state index contributed by atoms with van der Waals surface area (Å²) < 4.78 is 65.0. The molecule has 0 aliphatic carbocycles. The van der Waals surface area contributed by atoms with Crippen molar-refractivity contribution in [3.63, 3.8) is 0 Å². The van der Waals surface area contributed by atoms with Crippen molar-refractivity contribution in [1.82, 2.24) is 0 Å². The molecule has 0 atom stereocenters. The molecule has 0 aromatic heterocycles. The van der Waals surface area contributed by atoms with Gasteiger partial charge in [-0.1, -0.05) is 58.3 Å². The Morgan fingerprint density at radius 1 is 0.340 bits per heavy atom. The summed E-state index contributed by atoms with van der Waals surface area (Å²) in [7, 11) is 0. The quantitative estimate of drug-likeness (QED) is 0.0478. The van der Waals surface area contributed by atoms with Crippen molar-refractivity contribution in [2.45, 2.75) is 71.1 Å². The molecule has 0 heterocycles. The Hall–Kier alpha value is -0.680. The summed E-state index contributed by atoms with van der Waals surface area (Å²) in [5.74, 6) is 0.358. The van der Waals surface area contributed by atoms with E-state index >= 15 is 0 Å². The van der Waals surface area contributed by atoms with Crippen LogP contribution in [0.3, 0.4) is 0 Å². The molecule has 14 heteroatoms. The van der Waals surface area contributed by atoms with Crippen LogP contribution in [0.15, 0.2) is 0 Å². The van der Waals surface area contributed by atoms with Gasteiger partial charge in [0.1, 0.15) is 6.61 Å². The van der Waals surface area contributed by atoms with Gasteiger partial charge < -0.3 is 56.8 Å². The third-order valence-corrected chi connectivity index (χ3v) is 7.07. The van der Waals surface area contributed by atoms with Gasteiger partial charge in [0.2, 0.25) is 0 Å². The van der Waals surface area contributed by atoms with E-state index in [0.717, 1.165) is 12.8 Å². The minimum absolute atomic E-state index is 0.137. The molecule has 0 rings (SSSR count). The predicted octanol–water partition coefficient (Wildman–Crippen LogP) is 4.87. The molecule has 0 N–H and O–H groups in total. The molecule has 0 saturated carbocycles. The zero-order valence-corrected chi connectivity index (χ0v) is 32.0. The number of halogens is 1. The minimum atomic E-state index is -0.137. The van der Waals surface area contributed by atoms with Gasteiger partial charge in [0.25, 0.3) is 0 Å². The molecule has 0 radical (unpaired) electrons. The van der Waals surface area contributed by atoms with E-state index in [4.69, 9.17) is 68.4 Å². The highest BCUT2D eigenvalue weighted by Gasteiger charge is 2.03. The third-order valence-electron chi connectivity index (χ3n) is 6.92. The van der Waals surface area contributed by atoms with Crippen LogP contribution in [0.25, 0.3) is 0 Å². The number of alkyl halides is 1. The summed E-state index contributed by atoms with van der Waals surface area (Å²) in [5.41, 5.74) is 0. The lowest BCUT2D eigenvalue weighted by Crippen LogP contribution is -2.15. The molecular weight excluding hydrogens is 676 g/mol. The highest BCUT2D eigenvalue weighted by atomic mass is 35.5. The first-order chi connectivity index (χ1) is 24.8. The number of carbonyl (C=O) groups excluding carboxylic acids is 1. The molecule has 0 aromatic rings. The minimum Gasteiger partial charge on any atom is -0.463 e. The van der Waals surface area contributed by atoms with Crippen LogP contribution in [-0.2, 0) is 61.6 Å². The van der Waals surface area contributed by atoms with Crippen LogP contribution in [0.2, 0.25) is 0 Å². The number of esters is 1. The Balaban J connectivity index is 3.10. The van der Waals surface area contributed by atoms with Gasteiger partial charge in [-0.05, 0) is 6.42 Å². The Kier molecular flexibility index (Phi) is 45.7. The smallest absolute Gasteiger partial charge is 0.305 e. The van der Waals surface area contributed by atoms with Crippen LogP contribution >= 0.6 is 11.6 Å². The van der Waals surface area contributed by atoms with Crippen molar-refractivity contribution in [3.05, 3.63) is 0 Å². The van der Waals surface area contributed by atoms with Gasteiger partial charge >= 0.3 is 5.97 Å². The summed E-state index contributed by atoms with van der Waals surface area (Å²) in [6.45, 7) is 13.5. The van der Waals surface area contributed by atoms with Crippen molar-refractivity contribution in [3.8, 4) is 0 Å². The summed E-state index contributed by atoms with van der Waals surface area (Å²) >= 11 is 5.51. The summed E-state index contributed by atoms with van der Waals surface area (Å²) in [5, 5.41) is 0. The Morgan fingerprint density at radius 3 is 0.860 bits per heavy atom. The molecular formula is C36H71ClO13. The maximum Gasteiger partial charge on any atom is 0.305 e. The first-order valence-electron chi connectivity index (χ1n) is 18.9. The van der Waals surface area contributed by atoms with E-state index in [1.54, 1.807) is 0 Å². The van der Waals surface area contributed by atoms with E-state index in [2.05, 4.69) is 6.92 Å². The van der Waals surface area contributed by atoms with Crippen LogP contribution in [0.1, 0.15) is 71.1 Å². The number of unbranched alkanes of at least 4 members (excludes halogenated alkanes) is 8. The van der Waals surface area contributed by atoms with Crippen LogP contribution in [0.5, 0.6) is 0 Å². The van der Waals surface area contributed by atoms with E-state index in [1.807, 2.05) is 0 Å². The SMILES string of the molecule is CCCCCCCCCCCC(=O)OCCOCCOCCOCCOCCOCCOCCOCCOCCOCCOCCOCCCl. The lowest BCUT2D eigenvalue weighted by atomic mass is 10.1. The van der Waals surface area contributed by atoms with Crippen LogP contribution in [-0.4, -0.2) is 164 Å². The molecule has 0 spiro atoms. The normalized spacial score (nSPS) is 11.5. The first kappa shape index (κ1) is 49.3. The van der Waals surface area contributed by atoms with E-state index in [-0.39, 0.29) is 12.6 Å². The van der Waals surface area contributed by atoms with Crippen LogP contribution in [0.4, 0.5) is 0 Å². The summed E-state index contributed by atoms with van der Waals surface area (Å²) in [6, 6.07) is 0. The van der Waals surface area contributed by atoms with Crippen LogP contribution in [0, 0.1) is 0 Å². The molecule has 13 nitrogen and oxygen atoms in total. The zero-order chi connectivity index (χ0) is 36.1. The number of rotatable bonds is 45. The van der Waals surface area contributed by atoms with Crippen molar-refractivity contribution in [2.24, 2.45) is 0 Å². The zero-order valence-electron chi connectivity index (χ0n) is 31.2. The predicted molar refractivity (Wildman–Crippen MR) is 193 cm³/mol. The van der Waals surface area contributed by atoms with Gasteiger partial charge in [0.15, 0.2) is 0 Å². The van der Waals surface area contributed by atoms with Crippen molar-refractivity contribution < 1.29 is 61.6 Å². The van der Waals surface area contributed by atoms with Crippen molar-refractivity contribution in [1.29, 1.82) is 0 Å². The molecule has 0 aromatic carbocycles. The lowest BCUT2D eigenvalue weighted by Gasteiger charge is -2.09. The topological polar surface area (TPSA) is 128 Å². The number of hydrogen-bond donors (Lipinski definition) is 0. The molecule has 0 fully saturated rings. The average molecular weight is 747 g/mol. The first-order valence-corrected chi connectivity index (χ1v) is 19.4. The van der Waals surface area contributed by atoms with Gasteiger partial charge in [0, 0.05) is 12.3 Å². The Labute approximate surface area is 307 Å². The van der Waals surface area contributed by atoms with Crippen molar-refractivity contribution in [2.75, 3.05) is 158 Å². The fourth-order valence-electron chi connectivity index (χ4n) is 4.22. The fraction of sp³-hybridized carbons (Fsp3) is 0.972. The fourth-order valence-corrected chi connectivity index (χ4v) is 4.33. The molecule has 0 unspecified atom stereocenters. The molecule has 0 bridgehead atoms. The Morgan fingerprint density at radius 2 is 0.580 bits per heavy atom. The Bertz CT molecular complexity index is 637. The number of hydrogen-bond acceptors (Lipinski definition) is 13. The number of ether oxygens (including phenoxy) is 12. The van der Waals surface area contributed by atoms with Gasteiger partial charge in [-0.3, -0.25) is 4.79 Å². The number of carbonyl (C=O) groups is 1. The van der Waals surface area contributed by atoms with Gasteiger partial charge in [0.05, 0.1) is 145 Å². The standard InChI is InChI=1S/C36H71ClO13/c1-2-3-4-5-6-7-8-9-10-11-36(38)50-35-34-49-33-32-48-31-30-47-29-28-46-27-26-45-25-24-44-23-22-43-21-20-42-19-18-41-17-16-40-15-14-39-13-12-37/h2-35H2,1H3. The average Bonchev–Trinajstić information content (AvgIpc) is 3.12. The monoisotopic (exact) mass is 746 g/mol. The van der Waals surface area contributed by atoms with E-state index in [1.165, 1.54) is 44.9 Å². The third kappa shape index (κ3) is 45.3. The van der Waals surface area contributed by atoms with Crippen LogP contribution < -0.4 is 0 Å². The summed E-state index contributed by atoms with van der Waals surface area (Å²) in [4.78, 5) is 11.8. The van der Waals surface area contributed by atoms with E-state index in [0.29, 0.717) is 158 Å². The van der Waals surface area contributed by atoms with Gasteiger partial charge in [-0.25, -0.2) is 0 Å². The second-order valence-electron chi connectivity index (χ2n) is 11.2. The van der Waals surface area contributed by atoms with Crippen molar-refractivity contribution >= 4 is 17.6 Å². The van der Waals surface area contributed by atoms with Gasteiger partial charge in [-0.15, -0.1) is 11.6 Å². The van der Waals surface area contributed by atoms with E-state index < -0.39 is 0 Å². The highest BCUT2D eigenvalue weighted by molar-refractivity contribution is 6.17. The van der Waals surface area contributed by atoms with Gasteiger partial charge in [-0.2, -0.15) is 0 Å². The molecule has 0 aliphatic heterocycles. The maximum atomic E-state index is 11.8. The second kappa shape index (κ2) is 46.3. The molecule has 0 saturated heterocycles. The summed E-state index contributed by atoms with van der Waals surface area (Å²) in [6.07, 6.45) is 11.6. The molecule has 50 heavy (non-hydrogen) atoms. The maximum absolute atomic E-state index is 11.8.